The molecule has 3 rings (SSSR count). The van der Waals surface area contributed by atoms with Gasteiger partial charge in [0.05, 0.1) is 29.8 Å². The molecule has 168 valence electrons. The zero-order chi connectivity index (χ0) is 22.6. The van der Waals surface area contributed by atoms with Gasteiger partial charge in [-0.1, -0.05) is 36.6 Å². The SMILES string of the molecule is COc1cccc(N(CC(=O)N(C)C2CCCCC2O)S(=O)(=O)c2ccc(C)cc2)c1. The number of hydrogen-bond donors (Lipinski definition) is 1. The molecule has 1 fully saturated rings. The molecule has 2 aromatic carbocycles. The van der Waals surface area contributed by atoms with Crippen molar-refractivity contribution in [3.05, 3.63) is 54.1 Å². The van der Waals surface area contributed by atoms with Gasteiger partial charge < -0.3 is 14.7 Å². The van der Waals surface area contributed by atoms with Crippen LogP contribution in [0.2, 0.25) is 0 Å². The minimum atomic E-state index is -4.00. The summed E-state index contributed by atoms with van der Waals surface area (Å²) in [6.45, 7) is 1.51. The van der Waals surface area contributed by atoms with E-state index in [9.17, 15) is 18.3 Å². The van der Waals surface area contributed by atoms with Crippen molar-refractivity contribution in [2.45, 2.75) is 49.6 Å². The van der Waals surface area contributed by atoms with Crippen LogP contribution >= 0.6 is 0 Å². The zero-order valence-corrected chi connectivity index (χ0v) is 19.0. The number of rotatable bonds is 7. The number of amides is 1. The molecule has 7 nitrogen and oxygen atoms in total. The third-order valence-corrected chi connectivity index (χ3v) is 7.60. The van der Waals surface area contributed by atoms with E-state index in [4.69, 9.17) is 4.74 Å². The van der Waals surface area contributed by atoms with Crippen LogP contribution in [0, 0.1) is 6.92 Å². The maximum absolute atomic E-state index is 13.5. The van der Waals surface area contributed by atoms with Crippen LogP contribution in [0.3, 0.4) is 0 Å². The van der Waals surface area contributed by atoms with Gasteiger partial charge in [0.2, 0.25) is 5.91 Å². The van der Waals surface area contributed by atoms with Crippen molar-refractivity contribution in [3.63, 3.8) is 0 Å². The van der Waals surface area contributed by atoms with Crippen molar-refractivity contribution < 1.29 is 23.1 Å². The first-order chi connectivity index (χ1) is 14.7. The first-order valence-electron chi connectivity index (χ1n) is 10.4. The standard InChI is InChI=1S/C23H30N2O5S/c1-17-11-13-20(14-12-17)31(28,29)25(18-7-6-8-19(15-18)30-3)16-23(27)24(2)21-9-4-5-10-22(21)26/h6-8,11-15,21-22,26H,4-5,9-10,16H2,1-3H3. The highest BCUT2D eigenvalue weighted by Crippen LogP contribution is 2.28. The Morgan fingerprint density at radius 3 is 2.45 bits per heavy atom. The number of sulfonamides is 1. The molecule has 31 heavy (non-hydrogen) atoms. The molecule has 0 bridgehead atoms. The summed E-state index contributed by atoms with van der Waals surface area (Å²) in [7, 11) is -0.871. The van der Waals surface area contributed by atoms with Crippen LogP contribution in [-0.4, -0.2) is 57.2 Å². The Morgan fingerprint density at radius 1 is 1.13 bits per heavy atom. The second kappa shape index (κ2) is 9.70. The Hall–Kier alpha value is -2.58. The van der Waals surface area contributed by atoms with Crippen molar-refractivity contribution in [2.24, 2.45) is 0 Å². The molecule has 0 aromatic heterocycles. The van der Waals surface area contributed by atoms with Crippen LogP contribution in [0.25, 0.3) is 0 Å². The van der Waals surface area contributed by atoms with Crippen LogP contribution in [0.4, 0.5) is 5.69 Å². The molecule has 1 amide bonds. The highest BCUT2D eigenvalue weighted by Gasteiger charge is 2.33. The Morgan fingerprint density at radius 2 is 1.81 bits per heavy atom. The Balaban J connectivity index is 1.95. The van der Waals surface area contributed by atoms with E-state index in [1.807, 2.05) is 6.92 Å². The van der Waals surface area contributed by atoms with Crippen molar-refractivity contribution >= 4 is 21.6 Å². The number of ether oxygens (including phenoxy) is 1. The number of anilines is 1. The quantitative estimate of drug-likeness (QED) is 0.707. The molecule has 8 heteroatoms. The van der Waals surface area contributed by atoms with Crippen molar-refractivity contribution in [1.82, 2.24) is 4.90 Å². The number of hydrogen-bond acceptors (Lipinski definition) is 5. The average Bonchev–Trinajstić information content (AvgIpc) is 2.77. The first kappa shape index (κ1) is 23.1. The molecule has 0 heterocycles. The highest BCUT2D eigenvalue weighted by molar-refractivity contribution is 7.92. The summed E-state index contributed by atoms with van der Waals surface area (Å²) in [6, 6.07) is 12.8. The predicted octanol–water partition coefficient (Wildman–Crippen LogP) is 2.96. The lowest BCUT2D eigenvalue weighted by Crippen LogP contribution is -2.50. The fourth-order valence-corrected chi connectivity index (χ4v) is 5.29. The summed E-state index contributed by atoms with van der Waals surface area (Å²) >= 11 is 0. The second-order valence-corrected chi connectivity index (χ2v) is 9.81. The van der Waals surface area contributed by atoms with E-state index in [1.165, 1.54) is 24.1 Å². The number of nitrogens with zero attached hydrogens (tertiary/aromatic N) is 2. The lowest BCUT2D eigenvalue weighted by molar-refractivity contribution is -0.133. The van der Waals surface area contributed by atoms with Gasteiger partial charge in [-0.25, -0.2) is 8.42 Å². The largest absolute Gasteiger partial charge is 0.497 e. The number of aliphatic hydroxyl groups excluding tert-OH is 1. The molecule has 0 radical (unpaired) electrons. The van der Waals surface area contributed by atoms with Gasteiger partial charge in [-0.3, -0.25) is 9.10 Å². The van der Waals surface area contributed by atoms with E-state index in [-0.39, 0.29) is 23.4 Å². The van der Waals surface area contributed by atoms with Crippen LogP contribution < -0.4 is 9.04 Å². The third kappa shape index (κ3) is 5.19. The molecule has 0 saturated heterocycles. The number of carbonyl (C=O) groups is 1. The minimum absolute atomic E-state index is 0.106. The van der Waals surface area contributed by atoms with E-state index in [1.54, 1.807) is 43.4 Å². The average molecular weight is 447 g/mol. The predicted molar refractivity (Wildman–Crippen MR) is 120 cm³/mol. The molecule has 1 aliphatic rings. The molecule has 2 unspecified atom stereocenters. The van der Waals surface area contributed by atoms with Crippen LogP contribution in [-0.2, 0) is 14.8 Å². The van der Waals surface area contributed by atoms with Gasteiger partial charge in [0, 0.05) is 13.1 Å². The lowest BCUT2D eigenvalue weighted by atomic mass is 9.91. The Labute approximate surface area is 184 Å². The smallest absolute Gasteiger partial charge is 0.264 e. The summed E-state index contributed by atoms with van der Waals surface area (Å²) in [4.78, 5) is 14.7. The van der Waals surface area contributed by atoms with Gasteiger partial charge in [0.1, 0.15) is 12.3 Å². The molecule has 0 spiro atoms. The number of carbonyl (C=O) groups excluding carboxylic acids is 1. The minimum Gasteiger partial charge on any atom is -0.497 e. The summed E-state index contributed by atoms with van der Waals surface area (Å²) in [5.74, 6) is 0.120. The zero-order valence-electron chi connectivity index (χ0n) is 18.2. The summed E-state index contributed by atoms with van der Waals surface area (Å²) in [5, 5.41) is 10.3. The van der Waals surface area contributed by atoms with Gasteiger partial charge in [-0.05, 0) is 44.0 Å². The Kier molecular flexibility index (Phi) is 7.23. The molecular formula is C23H30N2O5S. The molecule has 1 N–H and O–H groups in total. The van der Waals surface area contributed by atoms with Crippen molar-refractivity contribution in [2.75, 3.05) is 25.0 Å². The van der Waals surface area contributed by atoms with E-state index < -0.39 is 16.1 Å². The number of methoxy groups -OCH3 is 1. The van der Waals surface area contributed by atoms with E-state index in [2.05, 4.69) is 0 Å². The molecule has 2 aromatic rings. The van der Waals surface area contributed by atoms with E-state index in [0.29, 0.717) is 24.3 Å². The van der Waals surface area contributed by atoms with E-state index >= 15 is 0 Å². The Bertz CT molecular complexity index is 1010. The number of benzene rings is 2. The third-order valence-electron chi connectivity index (χ3n) is 5.81. The second-order valence-electron chi connectivity index (χ2n) is 7.95. The molecular weight excluding hydrogens is 416 g/mol. The van der Waals surface area contributed by atoms with E-state index in [0.717, 1.165) is 22.7 Å². The number of aliphatic hydroxyl groups is 1. The fraction of sp³-hybridized carbons (Fsp3) is 0.435. The maximum Gasteiger partial charge on any atom is 0.264 e. The lowest BCUT2D eigenvalue weighted by Gasteiger charge is -2.36. The topological polar surface area (TPSA) is 87.2 Å². The van der Waals surface area contributed by atoms with Crippen molar-refractivity contribution in [1.29, 1.82) is 0 Å². The number of likely N-dealkylation sites (N-methyl/N-ethyl adjacent to an activating group) is 1. The van der Waals surface area contributed by atoms with Gasteiger partial charge in [-0.15, -0.1) is 0 Å². The summed E-state index contributed by atoms with van der Waals surface area (Å²) < 4.78 is 33.4. The highest BCUT2D eigenvalue weighted by atomic mass is 32.2. The molecule has 1 aliphatic carbocycles. The van der Waals surface area contributed by atoms with Gasteiger partial charge in [0.15, 0.2) is 0 Å². The maximum atomic E-state index is 13.5. The molecule has 1 saturated carbocycles. The van der Waals surface area contributed by atoms with Gasteiger partial charge in [0.25, 0.3) is 10.0 Å². The first-order valence-corrected chi connectivity index (χ1v) is 11.8. The summed E-state index contributed by atoms with van der Waals surface area (Å²) in [5.41, 5.74) is 1.28. The van der Waals surface area contributed by atoms with Crippen LogP contribution in [0.5, 0.6) is 5.75 Å². The summed E-state index contributed by atoms with van der Waals surface area (Å²) in [6.07, 6.45) is 2.61. The molecule has 0 aliphatic heterocycles. The van der Waals surface area contributed by atoms with Gasteiger partial charge >= 0.3 is 0 Å². The normalized spacial score (nSPS) is 19.0. The fourth-order valence-electron chi connectivity index (χ4n) is 3.88. The van der Waals surface area contributed by atoms with Crippen LogP contribution in [0.1, 0.15) is 31.2 Å². The van der Waals surface area contributed by atoms with Gasteiger partial charge in [-0.2, -0.15) is 0 Å². The number of aryl methyl sites for hydroxylation is 1. The van der Waals surface area contributed by atoms with Crippen molar-refractivity contribution in [3.8, 4) is 5.75 Å². The monoisotopic (exact) mass is 446 g/mol. The molecule has 2 atom stereocenters. The van der Waals surface area contributed by atoms with Crippen LogP contribution in [0.15, 0.2) is 53.4 Å².